The average molecular weight is 336 g/mol. The van der Waals surface area contributed by atoms with Crippen LogP contribution in [-0.4, -0.2) is 15.4 Å². The fraction of sp³-hybridized carbons (Fsp3) is 0.400. The van der Waals surface area contributed by atoms with Gasteiger partial charge in [-0.3, -0.25) is 0 Å². The molecule has 0 saturated heterocycles. The first-order valence-corrected chi connectivity index (χ1v) is 9.38. The van der Waals surface area contributed by atoms with E-state index in [4.69, 9.17) is 5.26 Å². The van der Waals surface area contributed by atoms with E-state index in [1.54, 1.807) is 23.1 Å². The average Bonchev–Trinajstić information content (AvgIpc) is 2.93. The van der Waals surface area contributed by atoms with Crippen LogP contribution in [0.4, 0.5) is 0 Å². The third-order valence-electron chi connectivity index (χ3n) is 2.86. The van der Waals surface area contributed by atoms with Crippen molar-refractivity contribution < 1.29 is 0 Å². The highest BCUT2D eigenvalue weighted by molar-refractivity contribution is 8.03. The van der Waals surface area contributed by atoms with E-state index in [0.717, 1.165) is 14.4 Å². The van der Waals surface area contributed by atoms with Crippen LogP contribution in [0.25, 0.3) is 0 Å². The van der Waals surface area contributed by atoms with Gasteiger partial charge in [-0.2, -0.15) is 5.26 Å². The van der Waals surface area contributed by atoms with Gasteiger partial charge in [-0.25, -0.2) is 0 Å². The van der Waals surface area contributed by atoms with Crippen molar-refractivity contribution in [2.75, 3.05) is 0 Å². The minimum Gasteiger partial charge on any atom is -0.197 e. The molecule has 0 radical (unpaired) electrons. The highest BCUT2D eigenvalue weighted by atomic mass is 32.2. The first-order valence-electron chi connectivity index (χ1n) is 6.70. The monoisotopic (exact) mass is 335 g/mol. The SMILES string of the molecule is CC(C#N)Sc1nnc(SCc2ccc(C(C)C)cc2)s1. The second-order valence-electron chi connectivity index (χ2n) is 4.91. The third-order valence-corrected chi connectivity index (χ3v) is 6.06. The van der Waals surface area contributed by atoms with Crippen molar-refractivity contribution in [3.63, 3.8) is 0 Å². The molecule has 1 atom stereocenters. The molecule has 1 aromatic carbocycles. The molecule has 1 unspecified atom stereocenters. The number of nitrogens with zero attached hydrogens (tertiary/aromatic N) is 3. The molecule has 21 heavy (non-hydrogen) atoms. The van der Waals surface area contributed by atoms with E-state index in [0.29, 0.717) is 5.92 Å². The number of nitriles is 1. The Balaban J connectivity index is 1.89. The van der Waals surface area contributed by atoms with Crippen LogP contribution in [0.15, 0.2) is 32.9 Å². The summed E-state index contributed by atoms with van der Waals surface area (Å²) < 4.78 is 1.82. The van der Waals surface area contributed by atoms with Crippen LogP contribution in [0, 0.1) is 11.3 Å². The summed E-state index contributed by atoms with van der Waals surface area (Å²) in [6, 6.07) is 10.9. The maximum absolute atomic E-state index is 8.80. The van der Waals surface area contributed by atoms with Crippen LogP contribution < -0.4 is 0 Å². The van der Waals surface area contributed by atoms with Gasteiger partial charge in [0.05, 0.1) is 11.3 Å². The summed E-state index contributed by atoms with van der Waals surface area (Å²) in [4.78, 5) is 0. The lowest BCUT2D eigenvalue weighted by Crippen LogP contribution is -1.88. The molecule has 0 N–H and O–H groups in total. The molecule has 1 heterocycles. The summed E-state index contributed by atoms with van der Waals surface area (Å²) >= 11 is 4.71. The van der Waals surface area contributed by atoms with Crippen LogP contribution in [0.2, 0.25) is 0 Å². The van der Waals surface area contributed by atoms with Crippen molar-refractivity contribution in [3.05, 3.63) is 35.4 Å². The maximum Gasteiger partial charge on any atom is 0.176 e. The van der Waals surface area contributed by atoms with E-state index < -0.39 is 0 Å². The summed E-state index contributed by atoms with van der Waals surface area (Å²) in [5, 5.41) is 17.0. The van der Waals surface area contributed by atoms with Gasteiger partial charge in [0.1, 0.15) is 0 Å². The van der Waals surface area contributed by atoms with Crippen LogP contribution in [-0.2, 0) is 5.75 Å². The van der Waals surface area contributed by atoms with Gasteiger partial charge in [-0.05, 0) is 24.0 Å². The number of benzene rings is 1. The number of hydrogen-bond acceptors (Lipinski definition) is 6. The minimum atomic E-state index is -0.0839. The molecule has 0 aliphatic heterocycles. The lowest BCUT2D eigenvalue weighted by Gasteiger charge is -2.05. The number of rotatable bonds is 6. The molecule has 0 spiro atoms. The second-order valence-corrected chi connectivity index (χ2v) is 8.70. The Kier molecular flexibility index (Phi) is 6.09. The molecular weight excluding hydrogens is 318 g/mol. The quantitative estimate of drug-likeness (QED) is 0.698. The zero-order valence-corrected chi connectivity index (χ0v) is 14.7. The summed E-state index contributed by atoms with van der Waals surface area (Å²) in [5.41, 5.74) is 2.66. The molecule has 0 amide bonds. The van der Waals surface area contributed by atoms with E-state index in [2.05, 4.69) is 54.4 Å². The smallest absolute Gasteiger partial charge is 0.176 e. The highest BCUT2D eigenvalue weighted by Gasteiger charge is 2.09. The van der Waals surface area contributed by atoms with E-state index in [1.807, 2.05) is 6.92 Å². The van der Waals surface area contributed by atoms with Crippen molar-refractivity contribution in [2.45, 2.75) is 46.4 Å². The second kappa shape index (κ2) is 7.83. The van der Waals surface area contributed by atoms with E-state index in [1.165, 1.54) is 22.9 Å². The molecule has 6 heteroatoms. The fourth-order valence-corrected chi connectivity index (χ4v) is 4.63. The number of aromatic nitrogens is 2. The summed E-state index contributed by atoms with van der Waals surface area (Å²) in [6.45, 7) is 6.27. The third kappa shape index (κ3) is 5.03. The van der Waals surface area contributed by atoms with Gasteiger partial charge >= 0.3 is 0 Å². The Morgan fingerprint density at radius 3 is 2.43 bits per heavy atom. The standard InChI is InChI=1S/C15H17N3S3/c1-10(2)13-6-4-12(5-7-13)9-19-14-17-18-15(21-14)20-11(3)8-16/h4-7,10-11H,9H2,1-3H3. The van der Waals surface area contributed by atoms with Gasteiger partial charge in [0.25, 0.3) is 0 Å². The maximum atomic E-state index is 8.80. The van der Waals surface area contributed by atoms with E-state index in [9.17, 15) is 0 Å². The van der Waals surface area contributed by atoms with Crippen molar-refractivity contribution in [3.8, 4) is 6.07 Å². The van der Waals surface area contributed by atoms with Gasteiger partial charge in [0.2, 0.25) is 0 Å². The molecule has 110 valence electrons. The minimum absolute atomic E-state index is 0.0839. The van der Waals surface area contributed by atoms with Crippen LogP contribution in [0.1, 0.15) is 37.8 Å². The van der Waals surface area contributed by atoms with Crippen molar-refractivity contribution in [1.82, 2.24) is 10.2 Å². The van der Waals surface area contributed by atoms with Gasteiger partial charge in [-0.1, -0.05) is 73.0 Å². The van der Waals surface area contributed by atoms with Crippen molar-refractivity contribution in [2.24, 2.45) is 0 Å². The van der Waals surface area contributed by atoms with Gasteiger partial charge in [-0.15, -0.1) is 10.2 Å². The van der Waals surface area contributed by atoms with Crippen LogP contribution >= 0.6 is 34.9 Å². The predicted molar refractivity (Wildman–Crippen MR) is 90.9 cm³/mol. The molecule has 0 saturated carbocycles. The lowest BCUT2D eigenvalue weighted by molar-refractivity contribution is 0.866. The number of thioether (sulfide) groups is 2. The van der Waals surface area contributed by atoms with Crippen LogP contribution in [0.5, 0.6) is 0 Å². The van der Waals surface area contributed by atoms with Gasteiger partial charge in [0.15, 0.2) is 8.68 Å². The summed E-state index contributed by atoms with van der Waals surface area (Å²) in [6.07, 6.45) is 0. The molecule has 0 fully saturated rings. The molecular formula is C15H17N3S3. The summed E-state index contributed by atoms with van der Waals surface area (Å²) in [7, 11) is 0. The van der Waals surface area contributed by atoms with Gasteiger partial charge < -0.3 is 0 Å². The molecule has 0 bridgehead atoms. The van der Waals surface area contributed by atoms with Crippen molar-refractivity contribution >= 4 is 34.9 Å². The van der Waals surface area contributed by atoms with E-state index >= 15 is 0 Å². The molecule has 0 aliphatic rings. The zero-order chi connectivity index (χ0) is 15.2. The van der Waals surface area contributed by atoms with Gasteiger partial charge in [0, 0.05) is 5.75 Å². The first kappa shape index (κ1) is 16.3. The Hall–Kier alpha value is -1.03. The molecule has 2 rings (SSSR count). The summed E-state index contributed by atoms with van der Waals surface area (Å²) in [5.74, 6) is 1.46. The normalized spacial score (nSPS) is 12.3. The van der Waals surface area contributed by atoms with Crippen molar-refractivity contribution in [1.29, 1.82) is 5.26 Å². The fourth-order valence-electron chi connectivity index (χ4n) is 1.62. The predicted octanol–water partition coefficient (Wildman–Crippen LogP) is 4.96. The highest BCUT2D eigenvalue weighted by Crippen LogP contribution is 2.32. The Bertz CT molecular complexity index is 614. The molecule has 2 aromatic rings. The Labute approximate surface area is 138 Å². The van der Waals surface area contributed by atoms with Crippen LogP contribution in [0.3, 0.4) is 0 Å². The topological polar surface area (TPSA) is 49.6 Å². The first-order chi connectivity index (χ1) is 10.1. The molecule has 3 nitrogen and oxygen atoms in total. The lowest BCUT2D eigenvalue weighted by atomic mass is 10.0. The Morgan fingerprint density at radius 2 is 1.81 bits per heavy atom. The van der Waals surface area contributed by atoms with E-state index in [-0.39, 0.29) is 5.25 Å². The largest absolute Gasteiger partial charge is 0.197 e. The molecule has 0 aliphatic carbocycles. The number of hydrogen-bond donors (Lipinski definition) is 0. The molecule has 1 aromatic heterocycles. The zero-order valence-electron chi connectivity index (χ0n) is 12.2. The Morgan fingerprint density at radius 1 is 1.14 bits per heavy atom.